The molecule has 0 aliphatic carbocycles. The van der Waals surface area contributed by atoms with Gasteiger partial charge in [0.1, 0.15) is 0 Å². The first kappa shape index (κ1) is 16.8. The van der Waals surface area contributed by atoms with Crippen molar-refractivity contribution in [3.63, 3.8) is 0 Å². The van der Waals surface area contributed by atoms with Gasteiger partial charge in [0.05, 0.1) is 28.5 Å². The van der Waals surface area contributed by atoms with Gasteiger partial charge in [-0.05, 0) is 37.8 Å². The highest BCUT2D eigenvalue weighted by Gasteiger charge is 2.28. The summed E-state index contributed by atoms with van der Waals surface area (Å²) in [5.41, 5.74) is 4.14. The Morgan fingerprint density at radius 3 is 3.08 bits per heavy atom. The van der Waals surface area contributed by atoms with E-state index < -0.39 is 0 Å². The molecule has 0 unspecified atom stereocenters. The first-order chi connectivity index (χ1) is 12.6. The maximum absolute atomic E-state index is 12.6. The Morgan fingerprint density at radius 1 is 1.46 bits per heavy atom. The van der Waals surface area contributed by atoms with Crippen molar-refractivity contribution in [1.29, 1.82) is 0 Å². The third-order valence-electron chi connectivity index (χ3n) is 4.76. The molecule has 7 nitrogen and oxygen atoms in total. The molecule has 3 aromatic rings. The van der Waals surface area contributed by atoms with E-state index in [9.17, 15) is 4.79 Å². The Labute approximate surface area is 156 Å². The van der Waals surface area contributed by atoms with Gasteiger partial charge in [0, 0.05) is 30.9 Å². The number of carbonyl (C=O) groups is 1. The third kappa shape index (κ3) is 3.24. The minimum Gasteiger partial charge on any atom is -0.334 e. The lowest BCUT2D eigenvalue weighted by Gasteiger charge is -2.18. The standard InChI is InChI=1S/C18H22N6OS/c1-12-8-13(2)24(22-12)15-5-6-23(11-15)18(25)19-9-14-10-20-21-17(14)16-4-3-7-26-16/h3-4,7-8,10,15H,5-6,9,11H2,1-2H3,(H,19,25)(H,20,21)/t15-/m0/s1. The number of rotatable bonds is 4. The zero-order valence-corrected chi connectivity index (χ0v) is 15.7. The predicted octanol–water partition coefficient (Wildman–Crippen LogP) is 3.11. The molecule has 2 amide bonds. The molecule has 4 heterocycles. The number of H-pyrrole nitrogens is 1. The second-order valence-corrected chi connectivity index (χ2v) is 7.61. The zero-order chi connectivity index (χ0) is 18.1. The normalized spacial score (nSPS) is 17.0. The van der Waals surface area contributed by atoms with Crippen LogP contribution in [0, 0.1) is 13.8 Å². The fourth-order valence-electron chi connectivity index (χ4n) is 3.50. The van der Waals surface area contributed by atoms with Gasteiger partial charge in [0.25, 0.3) is 0 Å². The van der Waals surface area contributed by atoms with Crippen molar-refractivity contribution in [3.8, 4) is 10.6 Å². The summed E-state index contributed by atoms with van der Waals surface area (Å²) in [6.45, 7) is 5.96. The molecule has 8 heteroatoms. The SMILES string of the molecule is Cc1cc(C)n([C@H]2CCN(C(=O)NCc3cn[nH]c3-c3cccs3)C2)n1. The Balaban J connectivity index is 1.36. The lowest BCUT2D eigenvalue weighted by molar-refractivity contribution is 0.206. The summed E-state index contributed by atoms with van der Waals surface area (Å²) >= 11 is 1.65. The lowest BCUT2D eigenvalue weighted by Crippen LogP contribution is -2.38. The third-order valence-corrected chi connectivity index (χ3v) is 5.64. The highest BCUT2D eigenvalue weighted by Crippen LogP contribution is 2.26. The van der Waals surface area contributed by atoms with Crippen LogP contribution in [0.3, 0.4) is 0 Å². The van der Waals surface area contributed by atoms with Gasteiger partial charge in [0.2, 0.25) is 0 Å². The molecule has 26 heavy (non-hydrogen) atoms. The van der Waals surface area contributed by atoms with Crippen molar-refractivity contribution in [3.05, 3.63) is 46.7 Å². The van der Waals surface area contributed by atoms with Gasteiger partial charge in [0.15, 0.2) is 0 Å². The van der Waals surface area contributed by atoms with E-state index in [4.69, 9.17) is 0 Å². The second kappa shape index (κ2) is 6.95. The molecule has 2 N–H and O–H groups in total. The van der Waals surface area contributed by atoms with Gasteiger partial charge in [-0.1, -0.05) is 6.07 Å². The van der Waals surface area contributed by atoms with Crippen LogP contribution in [-0.2, 0) is 6.54 Å². The van der Waals surface area contributed by atoms with Crippen molar-refractivity contribution < 1.29 is 4.79 Å². The van der Waals surface area contributed by atoms with Crippen molar-refractivity contribution >= 4 is 17.4 Å². The van der Waals surface area contributed by atoms with Gasteiger partial charge in [-0.2, -0.15) is 10.2 Å². The molecule has 1 saturated heterocycles. The highest BCUT2D eigenvalue weighted by molar-refractivity contribution is 7.13. The molecule has 0 saturated carbocycles. The molecule has 1 atom stereocenters. The number of amides is 2. The number of thiophene rings is 1. The second-order valence-electron chi connectivity index (χ2n) is 6.67. The highest BCUT2D eigenvalue weighted by atomic mass is 32.1. The number of aryl methyl sites for hydroxylation is 2. The van der Waals surface area contributed by atoms with Crippen molar-refractivity contribution in [1.82, 2.24) is 30.2 Å². The van der Waals surface area contributed by atoms with Gasteiger partial charge in [-0.25, -0.2) is 4.79 Å². The molecule has 1 fully saturated rings. The molecule has 0 spiro atoms. The smallest absolute Gasteiger partial charge is 0.317 e. The van der Waals surface area contributed by atoms with E-state index in [0.717, 1.165) is 40.5 Å². The summed E-state index contributed by atoms with van der Waals surface area (Å²) in [7, 11) is 0. The number of hydrogen-bond acceptors (Lipinski definition) is 4. The largest absolute Gasteiger partial charge is 0.334 e. The topological polar surface area (TPSA) is 78.8 Å². The Bertz CT molecular complexity index is 897. The summed E-state index contributed by atoms with van der Waals surface area (Å²) < 4.78 is 2.05. The summed E-state index contributed by atoms with van der Waals surface area (Å²) in [6, 6.07) is 6.35. The molecule has 136 valence electrons. The molecule has 3 aromatic heterocycles. The number of aromatic amines is 1. The maximum atomic E-state index is 12.6. The molecule has 0 aromatic carbocycles. The molecule has 0 radical (unpaired) electrons. The zero-order valence-electron chi connectivity index (χ0n) is 14.9. The number of likely N-dealkylation sites (tertiary alicyclic amines) is 1. The van der Waals surface area contributed by atoms with Crippen LogP contribution in [0.2, 0.25) is 0 Å². The van der Waals surface area contributed by atoms with E-state index >= 15 is 0 Å². The first-order valence-corrected chi connectivity index (χ1v) is 9.61. The van der Waals surface area contributed by atoms with Crippen LogP contribution in [0.1, 0.15) is 29.4 Å². The Hall–Kier alpha value is -2.61. The first-order valence-electron chi connectivity index (χ1n) is 8.73. The molecular formula is C18H22N6OS. The van der Waals surface area contributed by atoms with Crippen molar-refractivity contribution in [2.75, 3.05) is 13.1 Å². The summed E-state index contributed by atoms with van der Waals surface area (Å²) in [5, 5.41) is 16.8. The van der Waals surface area contributed by atoms with Crippen LogP contribution in [0.5, 0.6) is 0 Å². The molecule has 0 bridgehead atoms. The van der Waals surface area contributed by atoms with Gasteiger partial charge < -0.3 is 10.2 Å². The Kier molecular flexibility index (Phi) is 4.50. The lowest BCUT2D eigenvalue weighted by atomic mass is 10.2. The van der Waals surface area contributed by atoms with E-state index in [1.54, 1.807) is 17.5 Å². The average Bonchev–Trinajstić information content (AvgIpc) is 3.39. The van der Waals surface area contributed by atoms with Gasteiger partial charge in [-0.3, -0.25) is 9.78 Å². The fraction of sp³-hybridized carbons (Fsp3) is 0.389. The molecular weight excluding hydrogens is 348 g/mol. The predicted molar refractivity (Wildman–Crippen MR) is 101 cm³/mol. The quantitative estimate of drug-likeness (QED) is 0.741. The van der Waals surface area contributed by atoms with E-state index in [-0.39, 0.29) is 12.1 Å². The molecule has 1 aliphatic rings. The Morgan fingerprint density at radius 2 is 2.35 bits per heavy atom. The van der Waals surface area contributed by atoms with Crippen molar-refractivity contribution in [2.24, 2.45) is 0 Å². The number of urea groups is 1. The van der Waals surface area contributed by atoms with Crippen LogP contribution in [-0.4, -0.2) is 44.0 Å². The van der Waals surface area contributed by atoms with Crippen LogP contribution in [0.15, 0.2) is 29.8 Å². The fourth-order valence-corrected chi connectivity index (χ4v) is 4.26. The van der Waals surface area contributed by atoms with E-state index in [2.05, 4.69) is 33.6 Å². The van der Waals surface area contributed by atoms with Crippen LogP contribution >= 0.6 is 11.3 Å². The average molecular weight is 370 g/mol. The van der Waals surface area contributed by atoms with Crippen LogP contribution in [0.4, 0.5) is 4.79 Å². The maximum Gasteiger partial charge on any atom is 0.317 e. The van der Waals surface area contributed by atoms with Crippen LogP contribution in [0.25, 0.3) is 10.6 Å². The monoisotopic (exact) mass is 370 g/mol. The minimum absolute atomic E-state index is 0.0349. The number of nitrogens with one attached hydrogen (secondary N) is 2. The van der Waals surface area contributed by atoms with Crippen LogP contribution < -0.4 is 5.32 Å². The van der Waals surface area contributed by atoms with Gasteiger partial charge >= 0.3 is 6.03 Å². The number of nitrogens with zero attached hydrogens (tertiary/aromatic N) is 4. The number of aromatic nitrogens is 4. The number of hydrogen-bond donors (Lipinski definition) is 2. The minimum atomic E-state index is -0.0349. The summed E-state index contributed by atoms with van der Waals surface area (Å²) in [6.07, 6.45) is 2.71. The summed E-state index contributed by atoms with van der Waals surface area (Å²) in [5.74, 6) is 0. The van der Waals surface area contributed by atoms with E-state index in [1.807, 2.05) is 34.0 Å². The summed E-state index contributed by atoms with van der Waals surface area (Å²) in [4.78, 5) is 15.6. The molecule has 1 aliphatic heterocycles. The van der Waals surface area contributed by atoms with E-state index in [1.165, 1.54) is 0 Å². The van der Waals surface area contributed by atoms with Crippen molar-refractivity contribution in [2.45, 2.75) is 32.9 Å². The van der Waals surface area contributed by atoms with Gasteiger partial charge in [-0.15, -0.1) is 11.3 Å². The molecule has 4 rings (SSSR count). The number of carbonyl (C=O) groups excluding carboxylic acids is 1. The van der Waals surface area contributed by atoms with E-state index in [0.29, 0.717) is 13.1 Å².